The number of amides is 2. The van der Waals surface area contributed by atoms with Crippen molar-refractivity contribution >= 4 is 6.03 Å². The van der Waals surface area contributed by atoms with Gasteiger partial charge in [0.15, 0.2) is 0 Å². The van der Waals surface area contributed by atoms with Gasteiger partial charge in [0.05, 0.1) is 13.2 Å². The molecular weight excluding hydrogens is 302 g/mol. The van der Waals surface area contributed by atoms with Crippen LogP contribution in [-0.4, -0.2) is 48.8 Å². The SMILES string of the molecule is Cc1ccccc1C(CNC(=O)N1CCOCC1)c1ccccn1. The largest absolute Gasteiger partial charge is 0.378 e. The van der Waals surface area contributed by atoms with E-state index in [1.807, 2.05) is 30.3 Å². The highest BCUT2D eigenvalue weighted by Crippen LogP contribution is 2.25. The number of nitrogens with zero attached hydrogens (tertiary/aromatic N) is 2. The molecule has 1 aliphatic rings. The first-order valence-electron chi connectivity index (χ1n) is 8.32. The fraction of sp³-hybridized carbons (Fsp3) is 0.368. The summed E-state index contributed by atoms with van der Waals surface area (Å²) in [6.07, 6.45) is 1.80. The fourth-order valence-corrected chi connectivity index (χ4v) is 3.00. The summed E-state index contributed by atoms with van der Waals surface area (Å²) in [5.74, 6) is 0.0393. The van der Waals surface area contributed by atoms with E-state index < -0.39 is 0 Å². The van der Waals surface area contributed by atoms with Crippen LogP contribution in [0.2, 0.25) is 0 Å². The summed E-state index contributed by atoms with van der Waals surface area (Å²) >= 11 is 0. The highest BCUT2D eigenvalue weighted by molar-refractivity contribution is 5.74. The molecule has 1 unspecified atom stereocenters. The number of nitrogens with one attached hydrogen (secondary N) is 1. The quantitative estimate of drug-likeness (QED) is 0.940. The summed E-state index contributed by atoms with van der Waals surface area (Å²) in [7, 11) is 0. The van der Waals surface area contributed by atoms with Gasteiger partial charge in [0.2, 0.25) is 0 Å². The Morgan fingerprint density at radius 2 is 1.96 bits per heavy atom. The van der Waals surface area contributed by atoms with E-state index in [0.29, 0.717) is 32.8 Å². The number of pyridine rings is 1. The van der Waals surface area contributed by atoms with Gasteiger partial charge in [0.25, 0.3) is 0 Å². The number of carbonyl (C=O) groups is 1. The minimum absolute atomic E-state index is 0.0344. The van der Waals surface area contributed by atoms with E-state index >= 15 is 0 Å². The van der Waals surface area contributed by atoms with Crippen LogP contribution < -0.4 is 5.32 Å². The zero-order chi connectivity index (χ0) is 16.8. The first-order chi connectivity index (χ1) is 11.8. The average Bonchev–Trinajstić information content (AvgIpc) is 2.65. The molecule has 2 aromatic rings. The Morgan fingerprint density at radius 1 is 1.21 bits per heavy atom. The number of urea groups is 1. The Kier molecular flexibility index (Phi) is 5.43. The van der Waals surface area contributed by atoms with Crippen LogP contribution in [0, 0.1) is 6.92 Å². The molecule has 3 rings (SSSR count). The van der Waals surface area contributed by atoms with Crippen molar-refractivity contribution < 1.29 is 9.53 Å². The van der Waals surface area contributed by atoms with Gasteiger partial charge in [-0.2, -0.15) is 0 Å². The van der Waals surface area contributed by atoms with Crippen molar-refractivity contribution in [2.45, 2.75) is 12.8 Å². The van der Waals surface area contributed by atoms with Crippen molar-refractivity contribution in [3.05, 3.63) is 65.5 Å². The molecule has 126 valence electrons. The first kappa shape index (κ1) is 16.5. The van der Waals surface area contributed by atoms with Crippen LogP contribution in [0.3, 0.4) is 0 Å². The number of aromatic nitrogens is 1. The summed E-state index contributed by atoms with van der Waals surface area (Å²) in [5, 5.41) is 3.07. The molecule has 0 aliphatic carbocycles. The number of aryl methyl sites for hydroxylation is 1. The van der Waals surface area contributed by atoms with E-state index in [-0.39, 0.29) is 11.9 Å². The summed E-state index contributed by atoms with van der Waals surface area (Å²) in [6.45, 7) is 5.12. The Bertz CT molecular complexity index is 669. The van der Waals surface area contributed by atoms with E-state index in [9.17, 15) is 4.79 Å². The summed E-state index contributed by atoms with van der Waals surface area (Å²) < 4.78 is 5.30. The number of carbonyl (C=O) groups excluding carboxylic acids is 1. The second-order valence-corrected chi connectivity index (χ2v) is 5.95. The lowest BCUT2D eigenvalue weighted by Gasteiger charge is -2.28. The second kappa shape index (κ2) is 7.93. The third-order valence-corrected chi connectivity index (χ3v) is 4.36. The van der Waals surface area contributed by atoms with Gasteiger partial charge >= 0.3 is 6.03 Å². The van der Waals surface area contributed by atoms with Gasteiger partial charge in [0, 0.05) is 37.4 Å². The van der Waals surface area contributed by atoms with Crippen molar-refractivity contribution in [1.29, 1.82) is 0 Å². The highest BCUT2D eigenvalue weighted by atomic mass is 16.5. The van der Waals surface area contributed by atoms with E-state index in [1.54, 1.807) is 11.1 Å². The Hall–Kier alpha value is -2.40. The molecule has 5 heteroatoms. The molecule has 5 nitrogen and oxygen atoms in total. The number of hydrogen-bond acceptors (Lipinski definition) is 3. The number of hydrogen-bond donors (Lipinski definition) is 1. The van der Waals surface area contributed by atoms with Crippen molar-refractivity contribution in [2.24, 2.45) is 0 Å². The minimum atomic E-state index is -0.0344. The van der Waals surface area contributed by atoms with E-state index in [4.69, 9.17) is 4.74 Å². The molecule has 1 aliphatic heterocycles. The number of morpholine rings is 1. The fourth-order valence-electron chi connectivity index (χ4n) is 3.00. The lowest BCUT2D eigenvalue weighted by Crippen LogP contribution is -2.47. The van der Waals surface area contributed by atoms with Crippen LogP contribution in [0.15, 0.2) is 48.7 Å². The maximum absolute atomic E-state index is 12.4. The predicted octanol–water partition coefficient (Wildman–Crippen LogP) is 2.56. The molecule has 1 aromatic heterocycles. The highest BCUT2D eigenvalue weighted by Gasteiger charge is 2.21. The molecule has 0 bridgehead atoms. The molecule has 24 heavy (non-hydrogen) atoms. The third-order valence-electron chi connectivity index (χ3n) is 4.36. The third kappa shape index (κ3) is 3.92. The minimum Gasteiger partial charge on any atom is -0.378 e. The molecule has 1 N–H and O–H groups in total. The standard InChI is InChI=1S/C19H23N3O2/c1-15-6-2-3-7-16(15)17(18-8-4-5-9-20-18)14-21-19(23)22-10-12-24-13-11-22/h2-9,17H,10-14H2,1H3,(H,21,23). The Balaban J connectivity index is 1.76. The zero-order valence-electron chi connectivity index (χ0n) is 13.9. The lowest BCUT2D eigenvalue weighted by molar-refractivity contribution is 0.0532. The van der Waals surface area contributed by atoms with E-state index in [1.165, 1.54) is 11.1 Å². The van der Waals surface area contributed by atoms with Gasteiger partial charge in [-0.1, -0.05) is 30.3 Å². The molecule has 0 saturated carbocycles. The molecule has 0 spiro atoms. The molecule has 1 atom stereocenters. The van der Waals surface area contributed by atoms with Crippen molar-refractivity contribution in [3.63, 3.8) is 0 Å². The van der Waals surface area contributed by atoms with Crippen LogP contribution in [0.25, 0.3) is 0 Å². The van der Waals surface area contributed by atoms with Gasteiger partial charge in [-0.3, -0.25) is 4.98 Å². The summed E-state index contributed by atoms with van der Waals surface area (Å²) in [4.78, 5) is 18.7. The number of benzene rings is 1. The van der Waals surface area contributed by atoms with Crippen LogP contribution in [0.1, 0.15) is 22.7 Å². The van der Waals surface area contributed by atoms with Crippen LogP contribution in [0.4, 0.5) is 4.79 Å². The Morgan fingerprint density at radius 3 is 2.67 bits per heavy atom. The van der Waals surface area contributed by atoms with E-state index in [0.717, 1.165) is 5.69 Å². The molecule has 2 heterocycles. The topological polar surface area (TPSA) is 54.5 Å². The lowest BCUT2D eigenvalue weighted by atomic mass is 9.91. The molecule has 1 aromatic carbocycles. The zero-order valence-corrected chi connectivity index (χ0v) is 13.9. The Labute approximate surface area is 142 Å². The maximum atomic E-state index is 12.4. The molecular formula is C19H23N3O2. The van der Waals surface area contributed by atoms with Gasteiger partial charge < -0.3 is 15.0 Å². The molecule has 1 fully saturated rings. The summed E-state index contributed by atoms with van der Waals surface area (Å²) in [5.41, 5.74) is 3.36. The van der Waals surface area contributed by atoms with Gasteiger partial charge in [0.1, 0.15) is 0 Å². The molecule has 1 saturated heterocycles. The van der Waals surface area contributed by atoms with Crippen LogP contribution in [-0.2, 0) is 4.74 Å². The van der Waals surface area contributed by atoms with Gasteiger partial charge in [-0.05, 0) is 30.2 Å². The van der Waals surface area contributed by atoms with Crippen molar-refractivity contribution in [1.82, 2.24) is 15.2 Å². The normalized spacial score (nSPS) is 15.8. The van der Waals surface area contributed by atoms with Crippen molar-refractivity contribution in [2.75, 3.05) is 32.8 Å². The first-order valence-corrected chi connectivity index (χ1v) is 8.32. The number of ether oxygens (including phenoxy) is 1. The maximum Gasteiger partial charge on any atom is 0.317 e. The smallest absolute Gasteiger partial charge is 0.317 e. The van der Waals surface area contributed by atoms with Gasteiger partial charge in [-0.15, -0.1) is 0 Å². The predicted molar refractivity (Wildman–Crippen MR) is 93.0 cm³/mol. The van der Waals surface area contributed by atoms with Crippen molar-refractivity contribution in [3.8, 4) is 0 Å². The molecule has 2 amide bonds. The van der Waals surface area contributed by atoms with E-state index in [2.05, 4.69) is 29.4 Å². The van der Waals surface area contributed by atoms with Crippen LogP contribution >= 0.6 is 0 Å². The number of rotatable bonds is 4. The second-order valence-electron chi connectivity index (χ2n) is 5.95. The monoisotopic (exact) mass is 325 g/mol. The molecule has 0 radical (unpaired) electrons. The summed E-state index contributed by atoms with van der Waals surface area (Å²) in [6, 6.07) is 14.1. The van der Waals surface area contributed by atoms with Crippen LogP contribution in [0.5, 0.6) is 0 Å². The van der Waals surface area contributed by atoms with Gasteiger partial charge in [-0.25, -0.2) is 4.79 Å². The average molecular weight is 325 g/mol.